The number of aliphatic hydroxyl groups is 3. The van der Waals surface area contributed by atoms with Crippen molar-refractivity contribution in [1.29, 1.82) is 0 Å². The quantitative estimate of drug-likeness (QED) is 0.304. The molecule has 0 spiro atoms. The minimum absolute atomic E-state index is 0.121. The summed E-state index contributed by atoms with van der Waals surface area (Å²) in [5.74, 6) is -4.64. The van der Waals surface area contributed by atoms with Gasteiger partial charge in [-0.15, -0.1) is 0 Å². The SMILES string of the molecule is CC/C=C/C(=O)O[C@]12C(C3C=C(CO)C[C@]4(O)C(=O)C(C)=CC4[C@@]3(O)[C@H](C)[C@H]1OC(C)=O)C2(C)C. The van der Waals surface area contributed by atoms with E-state index >= 15 is 0 Å². The summed E-state index contributed by atoms with van der Waals surface area (Å²) in [5.41, 5.74) is -4.83. The number of Topliss-reactive ketones (excluding diaryl/α,β-unsaturated/α-hetero) is 1. The summed E-state index contributed by atoms with van der Waals surface area (Å²) in [4.78, 5) is 38.1. The summed E-state index contributed by atoms with van der Waals surface area (Å²) in [5, 5.41) is 34.2. The molecule has 0 radical (unpaired) electrons. The third-order valence-corrected chi connectivity index (χ3v) is 9.01. The van der Waals surface area contributed by atoms with Gasteiger partial charge in [-0.1, -0.05) is 45.9 Å². The van der Waals surface area contributed by atoms with Gasteiger partial charge in [-0.05, 0) is 24.5 Å². The fourth-order valence-electron chi connectivity index (χ4n) is 7.42. The smallest absolute Gasteiger partial charge is 0.331 e. The van der Waals surface area contributed by atoms with Crippen LogP contribution in [0.15, 0.2) is 35.5 Å². The fraction of sp³-hybridized carbons (Fsp3) is 0.667. The van der Waals surface area contributed by atoms with E-state index in [9.17, 15) is 29.7 Å². The van der Waals surface area contributed by atoms with Gasteiger partial charge in [-0.25, -0.2) is 4.79 Å². The van der Waals surface area contributed by atoms with Gasteiger partial charge in [0.1, 0.15) is 11.7 Å². The van der Waals surface area contributed by atoms with Crippen LogP contribution in [0, 0.1) is 29.1 Å². The first-order valence-electron chi connectivity index (χ1n) is 12.3. The predicted molar refractivity (Wildman–Crippen MR) is 126 cm³/mol. The summed E-state index contributed by atoms with van der Waals surface area (Å²) < 4.78 is 11.9. The van der Waals surface area contributed by atoms with E-state index in [2.05, 4.69) is 0 Å². The van der Waals surface area contributed by atoms with Crippen molar-refractivity contribution < 1.29 is 39.2 Å². The van der Waals surface area contributed by atoms with E-state index in [1.807, 2.05) is 20.8 Å². The lowest BCUT2D eigenvalue weighted by atomic mass is 9.59. The topological polar surface area (TPSA) is 130 Å². The molecule has 0 amide bonds. The molecule has 2 saturated carbocycles. The minimum Gasteiger partial charge on any atom is -0.458 e. The van der Waals surface area contributed by atoms with Gasteiger partial charge in [0.15, 0.2) is 11.4 Å². The Balaban J connectivity index is 1.93. The third kappa shape index (κ3) is 3.26. The molecule has 8 heteroatoms. The molecule has 0 bridgehead atoms. The Bertz CT molecular complexity index is 1050. The molecule has 8 atom stereocenters. The van der Waals surface area contributed by atoms with Gasteiger partial charge < -0.3 is 24.8 Å². The first kappa shape index (κ1) is 25.8. The zero-order valence-electron chi connectivity index (χ0n) is 21.2. The molecule has 0 aromatic rings. The van der Waals surface area contributed by atoms with Crippen LogP contribution in [0.5, 0.6) is 0 Å². The Hall–Kier alpha value is -2.29. The van der Waals surface area contributed by atoms with Crippen molar-refractivity contribution in [2.75, 3.05) is 6.61 Å². The third-order valence-electron chi connectivity index (χ3n) is 9.01. The molecule has 4 aliphatic rings. The summed E-state index contributed by atoms with van der Waals surface area (Å²) in [7, 11) is 0. The van der Waals surface area contributed by atoms with Crippen LogP contribution < -0.4 is 0 Å². The van der Waals surface area contributed by atoms with Crippen molar-refractivity contribution in [2.45, 2.75) is 77.3 Å². The Morgan fingerprint density at radius 3 is 2.46 bits per heavy atom. The van der Waals surface area contributed by atoms with Crippen molar-refractivity contribution in [3.8, 4) is 0 Å². The molecule has 35 heavy (non-hydrogen) atoms. The molecule has 0 aliphatic heterocycles. The summed E-state index contributed by atoms with van der Waals surface area (Å²) in [6.07, 6.45) is 5.87. The van der Waals surface area contributed by atoms with Crippen LogP contribution in [0.25, 0.3) is 0 Å². The predicted octanol–water partition coefficient (Wildman–Crippen LogP) is 2.02. The van der Waals surface area contributed by atoms with Gasteiger partial charge in [0.2, 0.25) is 0 Å². The lowest BCUT2D eigenvalue weighted by Crippen LogP contribution is -2.66. The minimum atomic E-state index is -1.93. The average molecular weight is 489 g/mol. The second-order valence-electron chi connectivity index (χ2n) is 11.2. The van der Waals surface area contributed by atoms with E-state index in [0.29, 0.717) is 17.6 Å². The van der Waals surface area contributed by atoms with E-state index < -0.39 is 76.3 Å². The van der Waals surface area contributed by atoms with Gasteiger partial charge in [-0.3, -0.25) is 9.59 Å². The largest absolute Gasteiger partial charge is 0.458 e. The molecule has 3 N–H and O–H groups in total. The monoisotopic (exact) mass is 488 g/mol. The number of hydrogen-bond acceptors (Lipinski definition) is 8. The van der Waals surface area contributed by atoms with E-state index in [1.54, 1.807) is 32.1 Å². The van der Waals surface area contributed by atoms with Gasteiger partial charge in [0.25, 0.3) is 0 Å². The summed E-state index contributed by atoms with van der Waals surface area (Å²) >= 11 is 0. The molecule has 192 valence electrons. The number of carbonyl (C=O) groups excluding carboxylic acids is 3. The normalized spacial score (nSPS) is 43.3. The Morgan fingerprint density at radius 2 is 1.89 bits per heavy atom. The first-order chi connectivity index (χ1) is 16.2. The molecular formula is C27H36O8. The van der Waals surface area contributed by atoms with Crippen LogP contribution in [-0.4, -0.2) is 62.6 Å². The van der Waals surface area contributed by atoms with Crippen LogP contribution in [0.3, 0.4) is 0 Å². The molecule has 2 fully saturated rings. The van der Waals surface area contributed by atoms with Crippen molar-refractivity contribution in [1.82, 2.24) is 0 Å². The number of ether oxygens (including phenoxy) is 2. The van der Waals surface area contributed by atoms with E-state index in [-0.39, 0.29) is 6.42 Å². The summed E-state index contributed by atoms with van der Waals surface area (Å²) in [6.45, 7) is 9.85. The van der Waals surface area contributed by atoms with Gasteiger partial charge in [0.05, 0.1) is 12.2 Å². The van der Waals surface area contributed by atoms with Crippen LogP contribution in [-0.2, 0) is 23.9 Å². The second kappa shape index (κ2) is 8.11. The molecule has 4 rings (SSSR count). The van der Waals surface area contributed by atoms with Crippen molar-refractivity contribution in [3.63, 3.8) is 0 Å². The first-order valence-corrected chi connectivity index (χ1v) is 12.3. The summed E-state index contributed by atoms with van der Waals surface area (Å²) in [6, 6.07) is 0. The lowest BCUT2D eigenvalue weighted by molar-refractivity contribution is -0.226. The highest BCUT2D eigenvalue weighted by molar-refractivity contribution is 6.04. The van der Waals surface area contributed by atoms with Crippen molar-refractivity contribution in [3.05, 3.63) is 35.5 Å². The molecule has 0 aromatic carbocycles. The Morgan fingerprint density at radius 1 is 1.23 bits per heavy atom. The number of ketones is 1. The number of fused-ring (bicyclic) bond motifs is 5. The molecule has 0 aromatic heterocycles. The number of aliphatic hydroxyl groups excluding tert-OH is 1. The molecule has 0 saturated heterocycles. The molecule has 3 unspecified atom stereocenters. The van der Waals surface area contributed by atoms with Gasteiger partial charge in [0, 0.05) is 48.5 Å². The highest BCUT2D eigenvalue weighted by Crippen LogP contribution is 2.77. The second-order valence-corrected chi connectivity index (χ2v) is 11.2. The molecule has 0 heterocycles. The van der Waals surface area contributed by atoms with Crippen molar-refractivity contribution >= 4 is 17.7 Å². The highest BCUT2D eigenvalue weighted by Gasteiger charge is 2.87. The van der Waals surface area contributed by atoms with E-state index in [0.717, 1.165) is 0 Å². The number of hydrogen-bond donors (Lipinski definition) is 3. The van der Waals surface area contributed by atoms with Crippen LogP contribution >= 0.6 is 0 Å². The van der Waals surface area contributed by atoms with E-state index in [1.165, 1.54) is 13.0 Å². The van der Waals surface area contributed by atoms with Gasteiger partial charge >= 0.3 is 11.9 Å². The molecule has 8 nitrogen and oxygen atoms in total. The maximum Gasteiger partial charge on any atom is 0.331 e. The standard InChI is InChI=1S/C27H36O8/c1-7-8-9-20(30)35-27-21(24(27,5)6)18-11-17(13-28)12-25(32)19(10-14(2)22(25)31)26(18,33)15(3)23(27)34-16(4)29/h8-11,15,18-19,21,23,28,32-33H,7,12-13H2,1-6H3/b9-8+/t15-,18?,19?,21?,23-,25-,26-,27-/m1/s1. The van der Waals surface area contributed by atoms with E-state index in [4.69, 9.17) is 9.47 Å². The van der Waals surface area contributed by atoms with Crippen LogP contribution in [0.4, 0.5) is 0 Å². The zero-order valence-corrected chi connectivity index (χ0v) is 21.2. The molecular weight excluding hydrogens is 452 g/mol. The lowest BCUT2D eigenvalue weighted by Gasteiger charge is -2.53. The Labute approximate surface area is 205 Å². The maximum absolute atomic E-state index is 13.1. The molecule has 4 aliphatic carbocycles. The number of esters is 2. The number of rotatable bonds is 5. The fourth-order valence-corrected chi connectivity index (χ4v) is 7.42. The zero-order chi connectivity index (χ0) is 26.1. The van der Waals surface area contributed by atoms with Crippen LogP contribution in [0.2, 0.25) is 0 Å². The maximum atomic E-state index is 13.1. The van der Waals surface area contributed by atoms with Crippen molar-refractivity contribution in [2.24, 2.45) is 29.1 Å². The van der Waals surface area contributed by atoms with Gasteiger partial charge in [-0.2, -0.15) is 0 Å². The Kier molecular flexibility index (Phi) is 5.98. The average Bonchev–Trinajstić information content (AvgIpc) is 3.21. The number of allylic oxidation sites excluding steroid dienone is 1. The highest BCUT2D eigenvalue weighted by atomic mass is 16.6. The van der Waals surface area contributed by atoms with Crippen LogP contribution in [0.1, 0.15) is 54.4 Å². The number of carbonyl (C=O) groups is 3.